The zero-order chi connectivity index (χ0) is 13.2. The van der Waals surface area contributed by atoms with Gasteiger partial charge in [-0.3, -0.25) is 0 Å². The number of nitrogens with two attached hydrogens (primary N) is 1. The van der Waals surface area contributed by atoms with Crippen molar-refractivity contribution in [2.75, 3.05) is 7.11 Å². The second-order valence-corrected chi connectivity index (χ2v) is 4.03. The van der Waals surface area contributed by atoms with Crippen molar-refractivity contribution in [2.24, 2.45) is 5.73 Å². The number of fused-ring (bicyclic) bond motifs is 1. The SMILES string of the molecule is COc1ccc2c(-n3cnc(CN)n3)nccc2c1. The Kier molecular flexibility index (Phi) is 2.85. The first kappa shape index (κ1) is 11.6. The van der Waals surface area contributed by atoms with E-state index in [1.165, 1.54) is 0 Å². The Morgan fingerprint density at radius 2 is 2.16 bits per heavy atom. The topological polar surface area (TPSA) is 78.9 Å². The fraction of sp³-hybridized carbons (Fsp3) is 0.154. The van der Waals surface area contributed by atoms with Crippen LogP contribution >= 0.6 is 0 Å². The van der Waals surface area contributed by atoms with E-state index in [1.807, 2.05) is 24.3 Å². The van der Waals surface area contributed by atoms with Crippen molar-refractivity contribution >= 4 is 10.8 Å². The summed E-state index contributed by atoms with van der Waals surface area (Å²) in [5, 5.41) is 6.30. The maximum Gasteiger partial charge on any atom is 0.164 e. The van der Waals surface area contributed by atoms with Crippen LogP contribution in [0.3, 0.4) is 0 Å². The van der Waals surface area contributed by atoms with Gasteiger partial charge in [-0.15, -0.1) is 5.10 Å². The van der Waals surface area contributed by atoms with Gasteiger partial charge in [-0.25, -0.2) is 14.6 Å². The third-order valence-electron chi connectivity index (χ3n) is 2.89. The molecule has 3 rings (SSSR count). The molecule has 0 aliphatic rings. The molecule has 96 valence electrons. The van der Waals surface area contributed by atoms with Gasteiger partial charge in [-0.05, 0) is 29.7 Å². The molecule has 6 heteroatoms. The summed E-state index contributed by atoms with van der Waals surface area (Å²) >= 11 is 0. The minimum atomic E-state index is 0.311. The van der Waals surface area contributed by atoms with Gasteiger partial charge in [0.1, 0.15) is 12.1 Å². The molecule has 0 aliphatic heterocycles. The lowest BCUT2D eigenvalue weighted by Gasteiger charge is -2.06. The molecule has 0 atom stereocenters. The van der Waals surface area contributed by atoms with Crippen LogP contribution in [-0.4, -0.2) is 26.9 Å². The number of benzene rings is 1. The highest BCUT2D eigenvalue weighted by Gasteiger charge is 2.07. The van der Waals surface area contributed by atoms with E-state index in [9.17, 15) is 0 Å². The van der Waals surface area contributed by atoms with Gasteiger partial charge in [-0.2, -0.15) is 0 Å². The van der Waals surface area contributed by atoms with Gasteiger partial charge >= 0.3 is 0 Å². The zero-order valence-corrected chi connectivity index (χ0v) is 10.4. The van der Waals surface area contributed by atoms with Gasteiger partial charge in [0.2, 0.25) is 0 Å². The van der Waals surface area contributed by atoms with Crippen LogP contribution in [0.15, 0.2) is 36.8 Å². The Labute approximate surface area is 109 Å². The molecule has 0 radical (unpaired) electrons. The van der Waals surface area contributed by atoms with Crippen molar-refractivity contribution in [3.63, 3.8) is 0 Å². The van der Waals surface area contributed by atoms with E-state index in [4.69, 9.17) is 10.5 Å². The fourth-order valence-electron chi connectivity index (χ4n) is 1.94. The van der Waals surface area contributed by atoms with E-state index in [1.54, 1.807) is 24.3 Å². The highest BCUT2D eigenvalue weighted by atomic mass is 16.5. The number of rotatable bonds is 3. The minimum absolute atomic E-state index is 0.311. The van der Waals surface area contributed by atoms with E-state index >= 15 is 0 Å². The molecule has 2 heterocycles. The normalized spacial score (nSPS) is 10.8. The molecular weight excluding hydrogens is 242 g/mol. The van der Waals surface area contributed by atoms with Crippen molar-refractivity contribution in [3.05, 3.63) is 42.6 Å². The molecule has 0 fully saturated rings. The van der Waals surface area contributed by atoms with Crippen LogP contribution in [0.4, 0.5) is 0 Å². The highest BCUT2D eigenvalue weighted by molar-refractivity contribution is 5.89. The first-order valence-corrected chi connectivity index (χ1v) is 5.85. The molecule has 2 aromatic heterocycles. The molecule has 2 N–H and O–H groups in total. The van der Waals surface area contributed by atoms with Gasteiger partial charge in [0.15, 0.2) is 11.6 Å². The second kappa shape index (κ2) is 4.66. The highest BCUT2D eigenvalue weighted by Crippen LogP contribution is 2.24. The molecule has 19 heavy (non-hydrogen) atoms. The zero-order valence-electron chi connectivity index (χ0n) is 10.4. The monoisotopic (exact) mass is 255 g/mol. The van der Waals surface area contributed by atoms with Gasteiger partial charge in [0.05, 0.1) is 13.7 Å². The summed E-state index contributed by atoms with van der Waals surface area (Å²) in [6, 6.07) is 7.75. The third-order valence-corrected chi connectivity index (χ3v) is 2.89. The Morgan fingerprint density at radius 1 is 1.26 bits per heavy atom. The number of nitrogens with zero attached hydrogens (tertiary/aromatic N) is 4. The van der Waals surface area contributed by atoms with Crippen molar-refractivity contribution < 1.29 is 4.74 Å². The fourth-order valence-corrected chi connectivity index (χ4v) is 1.94. The van der Waals surface area contributed by atoms with E-state index in [2.05, 4.69) is 15.1 Å². The number of hydrogen-bond acceptors (Lipinski definition) is 5. The lowest BCUT2D eigenvalue weighted by molar-refractivity contribution is 0.415. The molecule has 0 unspecified atom stereocenters. The first-order chi connectivity index (χ1) is 9.31. The van der Waals surface area contributed by atoms with E-state index in [0.717, 1.165) is 22.3 Å². The van der Waals surface area contributed by atoms with Crippen LogP contribution in [0.5, 0.6) is 5.75 Å². The lowest BCUT2D eigenvalue weighted by Crippen LogP contribution is -2.02. The van der Waals surface area contributed by atoms with Crippen molar-refractivity contribution in [1.82, 2.24) is 19.7 Å². The summed E-state index contributed by atoms with van der Waals surface area (Å²) in [6.07, 6.45) is 3.36. The summed E-state index contributed by atoms with van der Waals surface area (Å²) in [5.74, 6) is 2.13. The van der Waals surface area contributed by atoms with Crippen LogP contribution in [0.25, 0.3) is 16.6 Å². The number of methoxy groups -OCH3 is 1. The van der Waals surface area contributed by atoms with E-state index < -0.39 is 0 Å². The van der Waals surface area contributed by atoms with Crippen molar-refractivity contribution in [3.8, 4) is 11.6 Å². The molecule has 6 nitrogen and oxygen atoms in total. The number of pyridine rings is 1. The van der Waals surface area contributed by atoms with E-state index in [0.29, 0.717) is 12.4 Å². The Morgan fingerprint density at radius 3 is 2.89 bits per heavy atom. The summed E-state index contributed by atoms with van der Waals surface area (Å²) in [4.78, 5) is 8.47. The van der Waals surface area contributed by atoms with E-state index in [-0.39, 0.29) is 0 Å². The van der Waals surface area contributed by atoms with Gasteiger partial charge in [0, 0.05) is 11.6 Å². The molecular formula is C13H13N5O. The molecule has 0 spiro atoms. The van der Waals surface area contributed by atoms with Crippen LogP contribution in [0.1, 0.15) is 5.82 Å². The molecule has 0 aliphatic carbocycles. The third kappa shape index (κ3) is 2.02. The quantitative estimate of drug-likeness (QED) is 0.762. The predicted octanol–water partition coefficient (Wildman–Crippen LogP) is 1.28. The Bertz CT molecular complexity index is 722. The van der Waals surface area contributed by atoms with Gasteiger partial charge in [0.25, 0.3) is 0 Å². The van der Waals surface area contributed by atoms with Crippen molar-refractivity contribution in [2.45, 2.75) is 6.54 Å². The maximum atomic E-state index is 5.52. The van der Waals surface area contributed by atoms with Crippen LogP contribution in [0, 0.1) is 0 Å². The minimum Gasteiger partial charge on any atom is -0.497 e. The number of ether oxygens (including phenoxy) is 1. The van der Waals surface area contributed by atoms with Crippen LogP contribution in [-0.2, 0) is 6.54 Å². The molecule has 3 aromatic rings. The number of hydrogen-bond donors (Lipinski definition) is 1. The second-order valence-electron chi connectivity index (χ2n) is 4.03. The average molecular weight is 255 g/mol. The lowest BCUT2D eigenvalue weighted by atomic mass is 10.1. The molecule has 0 saturated heterocycles. The number of aromatic nitrogens is 4. The molecule has 1 aromatic carbocycles. The molecule has 0 saturated carbocycles. The largest absolute Gasteiger partial charge is 0.497 e. The van der Waals surface area contributed by atoms with Gasteiger partial charge in [-0.1, -0.05) is 0 Å². The molecule has 0 amide bonds. The predicted molar refractivity (Wildman–Crippen MR) is 71.1 cm³/mol. The van der Waals surface area contributed by atoms with Crippen LogP contribution in [0.2, 0.25) is 0 Å². The summed E-state index contributed by atoms with van der Waals surface area (Å²) < 4.78 is 6.85. The first-order valence-electron chi connectivity index (χ1n) is 5.85. The van der Waals surface area contributed by atoms with Crippen molar-refractivity contribution in [1.29, 1.82) is 0 Å². The summed E-state index contributed by atoms with van der Waals surface area (Å²) in [5.41, 5.74) is 5.52. The standard InChI is InChI=1S/C13H13N5O/c1-19-10-2-3-11-9(6-10)4-5-15-13(11)18-8-16-12(7-14)17-18/h2-6,8H,7,14H2,1H3. The maximum absolute atomic E-state index is 5.52. The summed E-state index contributed by atoms with van der Waals surface area (Å²) in [6.45, 7) is 0.311. The Hall–Kier alpha value is -2.47. The Balaban J connectivity index is 2.18. The van der Waals surface area contributed by atoms with Crippen LogP contribution < -0.4 is 10.5 Å². The average Bonchev–Trinajstić information content (AvgIpc) is 2.94. The smallest absolute Gasteiger partial charge is 0.164 e. The van der Waals surface area contributed by atoms with Gasteiger partial charge < -0.3 is 10.5 Å². The molecule has 0 bridgehead atoms. The summed E-state index contributed by atoms with van der Waals surface area (Å²) in [7, 11) is 1.65.